The molecule has 0 aromatic carbocycles. The molecule has 0 amide bonds. The van der Waals surface area contributed by atoms with E-state index in [1.54, 1.807) is 12.1 Å². The summed E-state index contributed by atoms with van der Waals surface area (Å²) in [6.45, 7) is 1.83. The zero-order valence-corrected chi connectivity index (χ0v) is 6.01. The number of methoxy groups -OCH3 is 1. The van der Waals surface area contributed by atoms with Crippen LogP contribution < -0.4 is 0 Å². The van der Waals surface area contributed by atoms with Crippen molar-refractivity contribution in [2.24, 2.45) is 0 Å². The van der Waals surface area contributed by atoms with Gasteiger partial charge in [-0.25, -0.2) is 0 Å². The summed E-state index contributed by atoms with van der Waals surface area (Å²) in [4.78, 5) is 0. The molecule has 52 valence electrons. The molecule has 0 bridgehead atoms. The molecule has 0 aliphatic heterocycles. The van der Waals surface area contributed by atoms with Gasteiger partial charge in [-0.2, -0.15) is 10.5 Å². The summed E-state index contributed by atoms with van der Waals surface area (Å²) in [6.07, 6.45) is 0.576. The largest absolute Gasteiger partial charge is 0.499 e. The molecule has 0 N–H and O–H groups in total. The molecule has 0 aromatic rings. The van der Waals surface area contributed by atoms with Crippen LogP contribution in [-0.4, -0.2) is 7.11 Å². The minimum Gasteiger partial charge on any atom is -0.499 e. The van der Waals surface area contributed by atoms with E-state index in [1.165, 1.54) is 7.11 Å². The Labute approximate surface area is 60.1 Å². The quantitative estimate of drug-likeness (QED) is 0.425. The lowest BCUT2D eigenvalue weighted by molar-refractivity contribution is 0.279. The van der Waals surface area contributed by atoms with Crippen molar-refractivity contribution in [1.29, 1.82) is 10.5 Å². The summed E-state index contributed by atoms with van der Waals surface area (Å²) in [5, 5.41) is 16.7. The molecule has 0 aromatic heterocycles. The minimum atomic E-state index is 0.0602. The van der Waals surface area contributed by atoms with E-state index in [9.17, 15) is 0 Å². The highest BCUT2D eigenvalue weighted by molar-refractivity contribution is 5.37. The van der Waals surface area contributed by atoms with Gasteiger partial charge in [-0.3, -0.25) is 0 Å². The van der Waals surface area contributed by atoms with Gasteiger partial charge in [0.05, 0.1) is 7.11 Å². The van der Waals surface area contributed by atoms with E-state index in [4.69, 9.17) is 15.3 Å². The monoisotopic (exact) mass is 136 g/mol. The van der Waals surface area contributed by atoms with Crippen LogP contribution in [-0.2, 0) is 4.74 Å². The third-order valence-electron chi connectivity index (χ3n) is 1.07. The van der Waals surface area contributed by atoms with E-state index >= 15 is 0 Å². The normalized spacial score (nSPS) is 7.20. The van der Waals surface area contributed by atoms with Crippen molar-refractivity contribution in [3.05, 3.63) is 11.3 Å². The molecular formula is C7H8N2O. The first-order chi connectivity index (χ1) is 4.79. The van der Waals surface area contributed by atoms with Gasteiger partial charge in [0, 0.05) is 6.42 Å². The second-order valence-corrected chi connectivity index (χ2v) is 1.58. The standard InChI is InChI=1S/C7H8N2O/c1-3-7(10-2)6(4-8)5-9/h3H2,1-2H3. The Morgan fingerprint density at radius 2 is 1.90 bits per heavy atom. The highest BCUT2D eigenvalue weighted by Crippen LogP contribution is 2.06. The number of hydrogen-bond donors (Lipinski definition) is 0. The highest BCUT2D eigenvalue weighted by Gasteiger charge is 2.01. The fraction of sp³-hybridized carbons (Fsp3) is 0.429. The Bertz CT molecular complexity index is 195. The molecule has 0 saturated heterocycles. The molecule has 3 heteroatoms. The summed E-state index contributed by atoms with van der Waals surface area (Å²) in [5.41, 5.74) is 0.0602. The van der Waals surface area contributed by atoms with Gasteiger partial charge in [-0.1, -0.05) is 6.92 Å². The van der Waals surface area contributed by atoms with Crippen molar-refractivity contribution >= 4 is 0 Å². The minimum absolute atomic E-state index is 0.0602. The summed E-state index contributed by atoms with van der Waals surface area (Å²) in [6, 6.07) is 3.49. The predicted octanol–water partition coefficient (Wildman–Crippen LogP) is 1.34. The second kappa shape index (κ2) is 4.40. The first kappa shape index (κ1) is 8.52. The molecule has 3 nitrogen and oxygen atoms in total. The maximum absolute atomic E-state index is 8.35. The molecule has 0 saturated carbocycles. The van der Waals surface area contributed by atoms with Gasteiger partial charge < -0.3 is 4.74 Å². The average Bonchev–Trinajstić information content (AvgIpc) is 2.00. The maximum atomic E-state index is 8.35. The van der Waals surface area contributed by atoms with Gasteiger partial charge in [-0.15, -0.1) is 0 Å². The summed E-state index contributed by atoms with van der Waals surface area (Å²) in [7, 11) is 1.45. The summed E-state index contributed by atoms with van der Waals surface area (Å²) in [5.74, 6) is 0.449. The van der Waals surface area contributed by atoms with Crippen LogP contribution in [0, 0.1) is 22.7 Å². The molecule has 10 heavy (non-hydrogen) atoms. The molecule has 0 spiro atoms. The van der Waals surface area contributed by atoms with Gasteiger partial charge in [0.15, 0.2) is 5.57 Å². The highest BCUT2D eigenvalue weighted by atomic mass is 16.5. The Balaban J connectivity index is 4.62. The molecule has 0 aliphatic carbocycles. The molecule has 0 fully saturated rings. The summed E-state index contributed by atoms with van der Waals surface area (Å²) < 4.78 is 4.78. The van der Waals surface area contributed by atoms with Crippen molar-refractivity contribution in [3.63, 3.8) is 0 Å². The Morgan fingerprint density at radius 3 is 2.00 bits per heavy atom. The zero-order chi connectivity index (χ0) is 7.98. The van der Waals surface area contributed by atoms with E-state index < -0.39 is 0 Å². The van der Waals surface area contributed by atoms with Gasteiger partial charge in [0.1, 0.15) is 17.9 Å². The topological polar surface area (TPSA) is 56.8 Å². The van der Waals surface area contributed by atoms with Crippen LogP contribution in [0.2, 0.25) is 0 Å². The van der Waals surface area contributed by atoms with Crippen LogP contribution >= 0.6 is 0 Å². The molecule has 0 rings (SSSR count). The van der Waals surface area contributed by atoms with Crippen LogP contribution in [0.15, 0.2) is 11.3 Å². The van der Waals surface area contributed by atoms with E-state index in [-0.39, 0.29) is 5.57 Å². The van der Waals surface area contributed by atoms with Crippen molar-refractivity contribution in [2.75, 3.05) is 7.11 Å². The van der Waals surface area contributed by atoms with Gasteiger partial charge >= 0.3 is 0 Å². The predicted molar refractivity (Wildman–Crippen MR) is 35.6 cm³/mol. The third-order valence-corrected chi connectivity index (χ3v) is 1.07. The van der Waals surface area contributed by atoms with Crippen LogP contribution in [0.4, 0.5) is 0 Å². The SMILES string of the molecule is CCC(OC)=C(C#N)C#N. The van der Waals surface area contributed by atoms with Crippen molar-refractivity contribution in [1.82, 2.24) is 0 Å². The van der Waals surface area contributed by atoms with Crippen LogP contribution in [0.1, 0.15) is 13.3 Å². The lowest BCUT2D eigenvalue weighted by Gasteiger charge is -1.99. The molecule has 0 aliphatic rings. The number of nitriles is 2. The van der Waals surface area contributed by atoms with Crippen LogP contribution in [0.5, 0.6) is 0 Å². The average molecular weight is 136 g/mol. The number of allylic oxidation sites excluding steroid dienone is 2. The van der Waals surface area contributed by atoms with Crippen LogP contribution in [0.25, 0.3) is 0 Å². The first-order valence-corrected chi connectivity index (χ1v) is 2.87. The van der Waals surface area contributed by atoms with Crippen LogP contribution in [0.3, 0.4) is 0 Å². The fourth-order valence-corrected chi connectivity index (χ4v) is 0.573. The maximum Gasteiger partial charge on any atom is 0.167 e. The molecule has 0 radical (unpaired) electrons. The molecule has 0 atom stereocenters. The smallest absolute Gasteiger partial charge is 0.167 e. The zero-order valence-electron chi connectivity index (χ0n) is 6.01. The van der Waals surface area contributed by atoms with Crippen molar-refractivity contribution in [2.45, 2.75) is 13.3 Å². The van der Waals surface area contributed by atoms with Gasteiger partial charge in [0.2, 0.25) is 0 Å². The number of ether oxygens (including phenoxy) is 1. The van der Waals surface area contributed by atoms with E-state index in [2.05, 4.69) is 0 Å². The molecule has 0 unspecified atom stereocenters. The molecular weight excluding hydrogens is 128 g/mol. The van der Waals surface area contributed by atoms with E-state index in [0.717, 1.165) is 0 Å². The second-order valence-electron chi connectivity index (χ2n) is 1.58. The Morgan fingerprint density at radius 1 is 1.40 bits per heavy atom. The Kier molecular flexibility index (Phi) is 3.75. The van der Waals surface area contributed by atoms with Gasteiger partial charge in [0.25, 0.3) is 0 Å². The number of rotatable bonds is 2. The van der Waals surface area contributed by atoms with E-state index in [1.807, 2.05) is 6.92 Å². The summed E-state index contributed by atoms with van der Waals surface area (Å²) >= 11 is 0. The van der Waals surface area contributed by atoms with Crippen molar-refractivity contribution in [3.8, 4) is 12.1 Å². The van der Waals surface area contributed by atoms with Crippen molar-refractivity contribution < 1.29 is 4.74 Å². The Hall–Kier alpha value is -1.48. The van der Waals surface area contributed by atoms with E-state index in [0.29, 0.717) is 12.2 Å². The number of nitrogens with zero attached hydrogens (tertiary/aromatic N) is 2. The first-order valence-electron chi connectivity index (χ1n) is 2.87. The number of hydrogen-bond acceptors (Lipinski definition) is 3. The molecule has 0 heterocycles. The third kappa shape index (κ3) is 1.80. The fourth-order valence-electron chi connectivity index (χ4n) is 0.573. The lowest BCUT2D eigenvalue weighted by atomic mass is 10.2. The lowest BCUT2D eigenvalue weighted by Crippen LogP contribution is -1.88. The van der Waals surface area contributed by atoms with Gasteiger partial charge in [-0.05, 0) is 0 Å².